The van der Waals surface area contributed by atoms with Crippen LogP contribution in [0.1, 0.15) is 117 Å². The van der Waals surface area contributed by atoms with Crippen LogP contribution in [0.25, 0.3) is 43.8 Å². The van der Waals surface area contributed by atoms with Crippen molar-refractivity contribution in [1.29, 1.82) is 0 Å². The van der Waals surface area contributed by atoms with Crippen molar-refractivity contribution in [3.8, 4) is 22.3 Å². The van der Waals surface area contributed by atoms with Gasteiger partial charge in [-0.2, -0.15) is 78.0 Å². The van der Waals surface area contributed by atoms with Crippen molar-refractivity contribution >= 4 is 53.2 Å². The maximum atomic E-state index is 13.3. The van der Waals surface area contributed by atoms with Gasteiger partial charge in [-0.1, -0.05) is 107 Å². The molecule has 6 aromatic rings. The standard InChI is InChI=1S/2C25H23F6.C3H4F3.CH3.2ClH.Si.Zr/c2*26-24(27,28)20-13-19(14-21(15-20)25(29,30)31)22-9-5-8-18-11-17(12-23(18)22)10-16-6-3-1-2-4-7-16;1-2-3(4,5)6;;;;;/h2*5,8-9,11-16H,1-4,6-7,10H2;1-2H2;1H3;2*1H;;/q4*-1;;;;. The Hall–Kier alpha value is -3.27. The molecule has 0 N–H and O–H groups in total. The maximum absolute atomic E-state index is 13.3. The fourth-order valence-corrected chi connectivity index (χ4v) is 9.36. The Bertz CT molecular complexity index is 2370. The van der Waals surface area contributed by atoms with E-state index in [-0.39, 0.29) is 55.5 Å². The molecule has 2 aliphatic carbocycles. The third kappa shape index (κ3) is 19.4. The number of alkyl halides is 15. The molecule has 0 spiro atoms. The number of hydrogen-bond acceptors (Lipinski definition) is 0. The zero-order chi connectivity index (χ0) is 51.7. The summed E-state index contributed by atoms with van der Waals surface area (Å²) in [7, 11) is 0. The summed E-state index contributed by atoms with van der Waals surface area (Å²) in [5.41, 5.74) is -2.34. The minimum atomic E-state index is -4.86. The summed E-state index contributed by atoms with van der Waals surface area (Å²) in [6.45, 7) is 5.69. The van der Waals surface area contributed by atoms with Crippen molar-refractivity contribution in [2.45, 2.75) is 127 Å². The van der Waals surface area contributed by atoms with Crippen LogP contribution in [0.2, 0.25) is 0 Å². The molecule has 0 unspecified atom stereocenters. The van der Waals surface area contributed by atoms with E-state index in [2.05, 4.69) is 13.8 Å². The average Bonchev–Trinajstić information content (AvgIpc) is 3.68. The van der Waals surface area contributed by atoms with Crippen molar-refractivity contribution in [2.75, 3.05) is 0 Å². The van der Waals surface area contributed by atoms with Gasteiger partial charge in [0.15, 0.2) is 0 Å². The van der Waals surface area contributed by atoms with Crippen LogP contribution in [0.15, 0.2) is 97.1 Å². The number of halogens is 17. The molecule has 0 aromatic heterocycles. The van der Waals surface area contributed by atoms with E-state index in [1.807, 2.05) is 36.4 Å². The summed E-state index contributed by atoms with van der Waals surface area (Å²) in [6, 6.07) is 21.7. The van der Waals surface area contributed by atoms with Crippen LogP contribution < -0.4 is 0 Å². The second kappa shape index (κ2) is 28.2. The van der Waals surface area contributed by atoms with Gasteiger partial charge in [0.25, 0.3) is 0 Å². The zero-order valence-electron chi connectivity index (χ0n) is 39.7. The van der Waals surface area contributed by atoms with E-state index in [4.69, 9.17) is 0 Å². The van der Waals surface area contributed by atoms with E-state index in [9.17, 15) is 65.9 Å². The molecule has 0 amide bonds. The van der Waals surface area contributed by atoms with Gasteiger partial charge >= 0.3 is 61.1 Å². The molecule has 6 aromatic carbocycles. The summed E-state index contributed by atoms with van der Waals surface area (Å²) >= 11 is 1.36. The Morgan fingerprint density at radius 3 is 0.973 bits per heavy atom. The number of fused-ring (bicyclic) bond motifs is 2. The monoisotopic (exact) mass is 1180 g/mol. The molecule has 402 valence electrons. The molecule has 0 nitrogen and oxygen atoms in total. The van der Waals surface area contributed by atoms with E-state index < -0.39 is 59.6 Å². The van der Waals surface area contributed by atoms with Gasteiger partial charge < -0.3 is 14.4 Å². The SMILES string of the molecule is Cl.Cl.FC(F)(F)c1cc(-c2cccc3[cH-]c(CC4CCCCCC4)cc23)cc(C(F)(F)F)c1.FC(F)(F)c1cc(-c2cccc3[cH-]c(CC4CCCCCC4)cc23)cc(C(F)(F)F)c1.[CH2-]CC(F)(F)F.[CH3-].[Si]=[Zr]. The van der Waals surface area contributed by atoms with Crippen LogP contribution in [0.4, 0.5) is 65.9 Å². The minimum absolute atomic E-state index is 0. The van der Waals surface area contributed by atoms with E-state index in [1.54, 1.807) is 24.3 Å². The molecule has 2 saturated carbocycles. The summed E-state index contributed by atoms with van der Waals surface area (Å²) in [5, 5.41) is 3.07. The van der Waals surface area contributed by atoms with Crippen LogP contribution in [-0.2, 0) is 60.9 Å². The first-order valence-corrected chi connectivity index (χ1v) is 27.0. The van der Waals surface area contributed by atoms with Gasteiger partial charge in [0, 0.05) is 0 Å². The molecule has 19 heteroatoms. The van der Waals surface area contributed by atoms with Crippen LogP contribution in [0.5, 0.6) is 0 Å². The van der Waals surface area contributed by atoms with E-state index in [1.165, 1.54) is 74.7 Å². The topological polar surface area (TPSA) is 0 Å². The van der Waals surface area contributed by atoms with Crippen LogP contribution in [0.3, 0.4) is 0 Å². The van der Waals surface area contributed by atoms with Crippen molar-refractivity contribution in [3.63, 3.8) is 0 Å². The summed E-state index contributed by atoms with van der Waals surface area (Å²) in [4.78, 5) is 0. The molecular formula is C54H55Cl2F15SiZr-4. The molecule has 0 bridgehead atoms. The summed E-state index contributed by atoms with van der Waals surface area (Å²) in [5.74, 6) is 1.15. The van der Waals surface area contributed by atoms with Gasteiger partial charge in [0.05, 0.1) is 22.3 Å². The van der Waals surface area contributed by atoms with Crippen LogP contribution >= 0.6 is 24.8 Å². The van der Waals surface area contributed by atoms with Gasteiger partial charge in [-0.05, 0) is 72.2 Å². The molecule has 0 saturated heterocycles. The van der Waals surface area contributed by atoms with E-state index in [0.717, 1.165) is 84.7 Å². The predicted octanol–water partition coefficient (Wildman–Crippen LogP) is 20.2. The molecule has 8 rings (SSSR count). The van der Waals surface area contributed by atoms with Crippen LogP contribution in [-0.4, -0.2) is 13.1 Å². The number of benzene rings is 4. The molecule has 0 atom stereocenters. The van der Waals surface area contributed by atoms with Gasteiger partial charge in [0.1, 0.15) is 0 Å². The van der Waals surface area contributed by atoms with Crippen molar-refractivity contribution < 1.29 is 89.2 Å². The summed E-state index contributed by atoms with van der Waals surface area (Å²) in [6.07, 6.45) is -8.21. The average molecular weight is 1180 g/mol. The van der Waals surface area contributed by atoms with Gasteiger partial charge in [0.2, 0.25) is 0 Å². The first kappa shape index (κ1) is 65.8. The third-order valence-electron chi connectivity index (χ3n) is 12.7. The van der Waals surface area contributed by atoms with E-state index in [0.29, 0.717) is 33.7 Å². The molecule has 0 heterocycles. The molecule has 73 heavy (non-hydrogen) atoms. The van der Waals surface area contributed by atoms with Crippen molar-refractivity contribution in [3.05, 3.63) is 145 Å². The fourth-order valence-electron chi connectivity index (χ4n) is 9.36. The molecule has 2 aliphatic rings. The number of hydrogen-bond donors (Lipinski definition) is 0. The quantitative estimate of drug-likeness (QED) is 0.0675. The van der Waals surface area contributed by atoms with Crippen LogP contribution in [0, 0.1) is 26.2 Å². The third-order valence-corrected chi connectivity index (χ3v) is 12.7. The molecule has 2 fully saturated rings. The molecular weight excluding hydrogens is 1120 g/mol. The predicted molar refractivity (Wildman–Crippen MR) is 262 cm³/mol. The first-order valence-electron chi connectivity index (χ1n) is 22.9. The number of rotatable bonds is 6. The van der Waals surface area contributed by atoms with Gasteiger partial charge in [-0.3, -0.25) is 0 Å². The second-order valence-corrected chi connectivity index (χ2v) is 17.9. The van der Waals surface area contributed by atoms with Crippen molar-refractivity contribution in [1.82, 2.24) is 0 Å². The first-order chi connectivity index (χ1) is 32.8. The Morgan fingerprint density at radius 2 is 0.726 bits per heavy atom. The van der Waals surface area contributed by atoms with Gasteiger partial charge in [-0.25, -0.2) is 0 Å². The Balaban J connectivity index is 0.000000421. The summed E-state index contributed by atoms with van der Waals surface area (Å²) < 4.78 is 192. The van der Waals surface area contributed by atoms with Gasteiger partial charge in [-0.15, -0.1) is 93.9 Å². The van der Waals surface area contributed by atoms with E-state index >= 15 is 0 Å². The second-order valence-electron chi connectivity index (χ2n) is 17.9. The Labute approximate surface area is 446 Å². The molecule has 2 radical (unpaired) electrons. The molecule has 0 aliphatic heterocycles. The fraction of sp³-hybridized carbons (Fsp3) is 0.407. The normalized spacial score (nSPS) is 15.1. The Kier molecular flexibility index (Phi) is 25.4. The Morgan fingerprint density at radius 1 is 0.452 bits per heavy atom. The van der Waals surface area contributed by atoms with Crippen molar-refractivity contribution in [2.24, 2.45) is 11.8 Å². The zero-order valence-corrected chi connectivity index (χ0v) is 44.8.